The molecule has 2 rings (SSSR count). The first-order valence-electron chi connectivity index (χ1n) is 5.29. The molecule has 0 spiro atoms. The van der Waals surface area contributed by atoms with Gasteiger partial charge in [-0.1, -0.05) is 31.4 Å². The van der Waals surface area contributed by atoms with Crippen LogP contribution < -0.4 is 0 Å². The summed E-state index contributed by atoms with van der Waals surface area (Å²) in [7, 11) is 0. The number of hydrogen-bond acceptors (Lipinski definition) is 0. The molecule has 0 nitrogen and oxygen atoms in total. The van der Waals surface area contributed by atoms with E-state index in [1.54, 1.807) is 22.3 Å². The lowest BCUT2D eigenvalue weighted by atomic mass is 9.93. The van der Waals surface area contributed by atoms with E-state index in [0.29, 0.717) is 0 Å². The number of allylic oxidation sites excluding steroid dienone is 4. The molecule has 2 bridgehead atoms. The van der Waals surface area contributed by atoms with Gasteiger partial charge < -0.3 is 0 Å². The molecule has 1 saturated carbocycles. The molecule has 0 aromatic rings. The van der Waals surface area contributed by atoms with Crippen LogP contribution in [0.2, 0.25) is 0 Å². The van der Waals surface area contributed by atoms with Crippen molar-refractivity contribution < 1.29 is 0 Å². The fourth-order valence-electron chi connectivity index (χ4n) is 2.72. The normalized spacial score (nSPS) is 21.5. The quantitative estimate of drug-likeness (QED) is 0.588. The minimum atomic E-state index is 1.27. The van der Waals surface area contributed by atoms with Gasteiger partial charge in [-0.3, -0.25) is 0 Å². The largest absolute Gasteiger partial charge is 0.0651 e. The summed E-state index contributed by atoms with van der Waals surface area (Å²) < 4.78 is 0. The van der Waals surface area contributed by atoms with Gasteiger partial charge in [0.2, 0.25) is 0 Å². The van der Waals surface area contributed by atoms with Gasteiger partial charge in [-0.15, -0.1) is 0 Å². The van der Waals surface area contributed by atoms with Gasteiger partial charge in [0.25, 0.3) is 0 Å². The van der Waals surface area contributed by atoms with Crippen LogP contribution in [-0.4, -0.2) is 0 Å². The van der Waals surface area contributed by atoms with Gasteiger partial charge in [-0.2, -0.15) is 0 Å². The Morgan fingerprint density at radius 1 is 1.00 bits per heavy atom. The molecule has 66 valence electrons. The van der Waals surface area contributed by atoms with Crippen LogP contribution in [0.3, 0.4) is 0 Å². The van der Waals surface area contributed by atoms with E-state index in [-0.39, 0.29) is 0 Å². The van der Waals surface area contributed by atoms with E-state index in [1.807, 2.05) is 0 Å². The van der Waals surface area contributed by atoms with Gasteiger partial charge in [-0.25, -0.2) is 0 Å². The van der Waals surface area contributed by atoms with E-state index in [9.17, 15) is 0 Å². The molecule has 12 heavy (non-hydrogen) atoms. The third-order valence-electron chi connectivity index (χ3n) is 3.23. The first kappa shape index (κ1) is 8.10. The van der Waals surface area contributed by atoms with Crippen LogP contribution in [0.15, 0.2) is 22.3 Å². The molecule has 0 N–H and O–H groups in total. The summed E-state index contributed by atoms with van der Waals surface area (Å²) in [4.78, 5) is 0. The fraction of sp³-hybridized carbons (Fsp3) is 0.667. The predicted octanol–water partition coefficient (Wildman–Crippen LogP) is 3.99. The molecule has 0 amide bonds. The standard InChI is InChI=1S/C12H18/c1-3-5-12-10-7-6-9(8-10)11(12)4-2/h3-8H2,1-2H3. The average Bonchev–Trinajstić information content (AvgIpc) is 2.64. The number of hydrogen-bond donors (Lipinski definition) is 0. The molecular weight excluding hydrogens is 144 g/mol. The van der Waals surface area contributed by atoms with E-state index >= 15 is 0 Å². The minimum absolute atomic E-state index is 1.27. The average molecular weight is 162 g/mol. The van der Waals surface area contributed by atoms with Crippen molar-refractivity contribution in [3.8, 4) is 0 Å². The van der Waals surface area contributed by atoms with Gasteiger partial charge in [0.1, 0.15) is 0 Å². The van der Waals surface area contributed by atoms with Crippen molar-refractivity contribution in [1.29, 1.82) is 0 Å². The zero-order valence-electron chi connectivity index (χ0n) is 8.24. The summed E-state index contributed by atoms with van der Waals surface area (Å²) in [6, 6.07) is 0. The van der Waals surface area contributed by atoms with Crippen LogP contribution in [0.1, 0.15) is 52.4 Å². The maximum atomic E-state index is 2.30. The Morgan fingerprint density at radius 3 is 2.25 bits per heavy atom. The SMILES string of the molecule is CCCC1=C2CCC(=C1CC)C2. The van der Waals surface area contributed by atoms with Crippen LogP contribution in [-0.2, 0) is 0 Å². The molecule has 0 heterocycles. The van der Waals surface area contributed by atoms with Gasteiger partial charge in [-0.05, 0) is 43.3 Å². The second-order valence-electron chi connectivity index (χ2n) is 3.94. The number of rotatable bonds is 3. The molecule has 0 aliphatic heterocycles. The lowest BCUT2D eigenvalue weighted by Gasteiger charge is -2.13. The first-order valence-corrected chi connectivity index (χ1v) is 5.29. The molecule has 0 aromatic carbocycles. The highest BCUT2D eigenvalue weighted by atomic mass is 14.3. The van der Waals surface area contributed by atoms with Crippen molar-refractivity contribution in [2.24, 2.45) is 0 Å². The molecule has 0 atom stereocenters. The summed E-state index contributed by atoms with van der Waals surface area (Å²) in [5.74, 6) is 0. The van der Waals surface area contributed by atoms with Crippen LogP contribution >= 0.6 is 0 Å². The van der Waals surface area contributed by atoms with E-state index < -0.39 is 0 Å². The molecule has 0 aromatic heterocycles. The van der Waals surface area contributed by atoms with Crippen molar-refractivity contribution >= 4 is 0 Å². The maximum absolute atomic E-state index is 2.30. The molecule has 1 fully saturated rings. The summed E-state index contributed by atoms with van der Waals surface area (Å²) in [5.41, 5.74) is 7.04. The smallest absolute Gasteiger partial charge is 0.00964 e. The van der Waals surface area contributed by atoms with Crippen molar-refractivity contribution in [3.63, 3.8) is 0 Å². The van der Waals surface area contributed by atoms with Crippen LogP contribution in [0.25, 0.3) is 0 Å². The highest BCUT2D eigenvalue weighted by molar-refractivity contribution is 5.51. The van der Waals surface area contributed by atoms with Crippen LogP contribution in [0, 0.1) is 0 Å². The second kappa shape index (κ2) is 3.08. The zero-order valence-corrected chi connectivity index (χ0v) is 8.24. The van der Waals surface area contributed by atoms with Crippen LogP contribution in [0.5, 0.6) is 0 Å². The topological polar surface area (TPSA) is 0 Å². The third kappa shape index (κ3) is 1.05. The molecule has 2 aliphatic rings. The maximum Gasteiger partial charge on any atom is -0.00964 e. The molecule has 0 unspecified atom stereocenters. The Kier molecular flexibility index (Phi) is 2.08. The molecular formula is C12H18. The van der Waals surface area contributed by atoms with E-state index in [2.05, 4.69) is 13.8 Å². The van der Waals surface area contributed by atoms with Crippen LogP contribution in [0.4, 0.5) is 0 Å². The van der Waals surface area contributed by atoms with Gasteiger partial charge in [0.05, 0.1) is 0 Å². The third-order valence-corrected chi connectivity index (χ3v) is 3.23. The summed E-state index contributed by atoms with van der Waals surface area (Å²) >= 11 is 0. The second-order valence-corrected chi connectivity index (χ2v) is 3.94. The van der Waals surface area contributed by atoms with E-state index in [0.717, 1.165) is 0 Å². The Balaban J connectivity index is 2.26. The number of fused-ring (bicyclic) bond motifs is 2. The minimum Gasteiger partial charge on any atom is -0.0651 e. The van der Waals surface area contributed by atoms with Crippen molar-refractivity contribution in [3.05, 3.63) is 22.3 Å². The lowest BCUT2D eigenvalue weighted by molar-refractivity contribution is 0.851. The molecule has 0 saturated heterocycles. The van der Waals surface area contributed by atoms with E-state index in [1.165, 1.54) is 38.5 Å². The Labute approximate surface area is 75.4 Å². The van der Waals surface area contributed by atoms with Crippen molar-refractivity contribution in [1.82, 2.24) is 0 Å². The Hall–Kier alpha value is -0.520. The summed E-state index contributed by atoms with van der Waals surface area (Å²) in [6.45, 7) is 4.59. The fourth-order valence-corrected chi connectivity index (χ4v) is 2.72. The predicted molar refractivity (Wildman–Crippen MR) is 53.1 cm³/mol. The summed E-state index contributed by atoms with van der Waals surface area (Å²) in [5, 5.41) is 0. The first-order chi connectivity index (χ1) is 5.86. The van der Waals surface area contributed by atoms with Gasteiger partial charge in [0.15, 0.2) is 0 Å². The summed E-state index contributed by atoms with van der Waals surface area (Å²) in [6.07, 6.45) is 8.03. The van der Waals surface area contributed by atoms with Gasteiger partial charge >= 0.3 is 0 Å². The lowest BCUT2D eigenvalue weighted by Crippen LogP contribution is -1.93. The molecule has 2 aliphatic carbocycles. The monoisotopic (exact) mass is 162 g/mol. The van der Waals surface area contributed by atoms with Crippen molar-refractivity contribution in [2.45, 2.75) is 52.4 Å². The Morgan fingerprint density at radius 2 is 1.67 bits per heavy atom. The molecule has 0 heteroatoms. The van der Waals surface area contributed by atoms with Gasteiger partial charge in [0, 0.05) is 0 Å². The zero-order chi connectivity index (χ0) is 8.55. The Bertz CT molecular complexity index is 253. The highest BCUT2D eigenvalue weighted by Gasteiger charge is 2.27. The van der Waals surface area contributed by atoms with Crippen molar-refractivity contribution in [2.75, 3.05) is 0 Å². The molecule has 0 radical (unpaired) electrons. The van der Waals surface area contributed by atoms with E-state index in [4.69, 9.17) is 0 Å². The highest BCUT2D eigenvalue weighted by Crippen LogP contribution is 2.46.